The van der Waals surface area contributed by atoms with Gasteiger partial charge in [-0.3, -0.25) is 4.79 Å². The van der Waals surface area contributed by atoms with Crippen LogP contribution in [0.1, 0.15) is 41.0 Å². The molecule has 1 fully saturated rings. The summed E-state index contributed by atoms with van der Waals surface area (Å²) in [7, 11) is 0. The Balaban J connectivity index is 1.87. The summed E-state index contributed by atoms with van der Waals surface area (Å²) in [6, 6.07) is 5.39. The summed E-state index contributed by atoms with van der Waals surface area (Å²) in [5.41, 5.74) is 5.63. The van der Waals surface area contributed by atoms with Crippen LogP contribution in [0.5, 0.6) is 0 Å². The summed E-state index contributed by atoms with van der Waals surface area (Å²) in [6.07, 6.45) is 3.29. The lowest BCUT2D eigenvalue weighted by atomic mass is 10.2. The Hall–Kier alpha value is -2.95. The van der Waals surface area contributed by atoms with Gasteiger partial charge in [0.2, 0.25) is 5.89 Å². The minimum atomic E-state index is -0.717. The average Bonchev–Trinajstić information content (AvgIpc) is 3.16. The van der Waals surface area contributed by atoms with Crippen molar-refractivity contribution in [1.29, 1.82) is 5.26 Å². The van der Waals surface area contributed by atoms with Crippen LogP contribution in [0.25, 0.3) is 0 Å². The molecule has 1 atom stereocenters. The van der Waals surface area contributed by atoms with E-state index in [2.05, 4.69) is 15.1 Å². The number of anilines is 1. The van der Waals surface area contributed by atoms with Gasteiger partial charge in [0.25, 0.3) is 11.7 Å². The molecule has 2 aromatic rings. The molecule has 2 N–H and O–H groups in total. The molecule has 0 saturated carbocycles. The Bertz CT molecular complexity index is 702. The van der Waals surface area contributed by atoms with Crippen LogP contribution in [0.15, 0.2) is 22.9 Å². The van der Waals surface area contributed by atoms with Crippen molar-refractivity contribution in [2.75, 3.05) is 11.4 Å². The first-order valence-corrected chi connectivity index (χ1v) is 6.45. The van der Waals surface area contributed by atoms with E-state index in [0.717, 1.165) is 25.2 Å². The molecule has 1 aliphatic rings. The van der Waals surface area contributed by atoms with E-state index < -0.39 is 5.91 Å². The van der Waals surface area contributed by atoms with Gasteiger partial charge in [0.05, 0.1) is 5.56 Å². The number of amides is 1. The molecule has 0 spiro atoms. The van der Waals surface area contributed by atoms with Gasteiger partial charge in [0.1, 0.15) is 17.9 Å². The van der Waals surface area contributed by atoms with Crippen molar-refractivity contribution >= 4 is 11.7 Å². The van der Waals surface area contributed by atoms with Crippen molar-refractivity contribution < 1.29 is 9.32 Å². The molecule has 1 amide bonds. The first-order chi connectivity index (χ1) is 10.2. The first-order valence-electron chi connectivity index (χ1n) is 6.45. The number of pyridine rings is 1. The van der Waals surface area contributed by atoms with Gasteiger partial charge < -0.3 is 15.2 Å². The van der Waals surface area contributed by atoms with Crippen LogP contribution in [-0.4, -0.2) is 27.6 Å². The fraction of sp³-hybridized carbons (Fsp3) is 0.308. The molecule has 8 heteroatoms. The highest BCUT2D eigenvalue weighted by Crippen LogP contribution is 2.34. The molecule has 0 unspecified atom stereocenters. The van der Waals surface area contributed by atoms with Crippen LogP contribution in [0.3, 0.4) is 0 Å². The molecule has 8 nitrogen and oxygen atoms in total. The zero-order chi connectivity index (χ0) is 14.8. The minimum Gasteiger partial charge on any atom is -0.363 e. The predicted molar refractivity (Wildman–Crippen MR) is 71.1 cm³/mol. The van der Waals surface area contributed by atoms with Crippen LogP contribution >= 0.6 is 0 Å². The number of nitrogens with zero attached hydrogens (tertiary/aromatic N) is 5. The average molecular weight is 284 g/mol. The third-order valence-electron chi connectivity index (χ3n) is 3.37. The van der Waals surface area contributed by atoms with Crippen molar-refractivity contribution in [3.63, 3.8) is 0 Å². The van der Waals surface area contributed by atoms with Gasteiger partial charge in [-0.1, -0.05) is 5.16 Å². The van der Waals surface area contributed by atoms with Crippen molar-refractivity contribution in [3.05, 3.63) is 35.6 Å². The second-order valence-corrected chi connectivity index (χ2v) is 4.69. The summed E-state index contributed by atoms with van der Waals surface area (Å²) in [5, 5.41) is 12.4. The van der Waals surface area contributed by atoms with E-state index in [9.17, 15) is 4.79 Å². The van der Waals surface area contributed by atoms with Crippen LogP contribution in [0.2, 0.25) is 0 Å². The van der Waals surface area contributed by atoms with E-state index in [0.29, 0.717) is 11.5 Å². The highest BCUT2D eigenvalue weighted by Gasteiger charge is 2.32. The maximum absolute atomic E-state index is 11.0. The van der Waals surface area contributed by atoms with E-state index in [4.69, 9.17) is 15.5 Å². The van der Waals surface area contributed by atoms with Gasteiger partial charge in [0.15, 0.2) is 0 Å². The molecular formula is C13H12N6O2. The van der Waals surface area contributed by atoms with E-state index in [1.165, 1.54) is 6.20 Å². The van der Waals surface area contributed by atoms with Crippen LogP contribution < -0.4 is 10.6 Å². The largest absolute Gasteiger partial charge is 0.363 e. The van der Waals surface area contributed by atoms with Crippen molar-refractivity contribution in [2.24, 2.45) is 5.73 Å². The molecule has 1 saturated heterocycles. The zero-order valence-corrected chi connectivity index (χ0v) is 11.1. The van der Waals surface area contributed by atoms with E-state index in [-0.39, 0.29) is 11.9 Å². The SMILES string of the molecule is N#Cc1ccc(N2CCC[C@@H]2c2nc(C(N)=O)no2)nc1. The number of carbonyl (C=O) groups excluding carboxylic acids is 1. The standard InChI is InChI=1S/C13H12N6O2/c14-6-8-3-4-10(16-7-8)19-5-1-2-9(19)13-17-12(11(15)20)18-21-13/h3-4,7,9H,1-2,5H2,(H2,15,20)/t9-/m1/s1. The fourth-order valence-corrected chi connectivity index (χ4v) is 2.39. The lowest BCUT2D eigenvalue weighted by Crippen LogP contribution is -2.24. The molecule has 3 rings (SSSR count). The number of rotatable bonds is 3. The zero-order valence-electron chi connectivity index (χ0n) is 11.1. The Morgan fingerprint density at radius 2 is 2.38 bits per heavy atom. The van der Waals surface area contributed by atoms with Gasteiger partial charge in [-0.15, -0.1) is 0 Å². The maximum atomic E-state index is 11.0. The molecule has 0 bridgehead atoms. The Kier molecular flexibility index (Phi) is 3.23. The monoisotopic (exact) mass is 284 g/mol. The van der Waals surface area contributed by atoms with E-state index in [1.54, 1.807) is 12.1 Å². The van der Waals surface area contributed by atoms with Gasteiger partial charge in [0, 0.05) is 12.7 Å². The second-order valence-electron chi connectivity index (χ2n) is 4.69. The molecule has 0 radical (unpaired) electrons. The summed E-state index contributed by atoms with van der Waals surface area (Å²) in [5.74, 6) is 0.249. The van der Waals surface area contributed by atoms with Crippen molar-refractivity contribution in [3.8, 4) is 6.07 Å². The number of nitriles is 1. The lowest BCUT2D eigenvalue weighted by molar-refractivity contribution is 0.0987. The third kappa shape index (κ3) is 2.41. The highest BCUT2D eigenvalue weighted by atomic mass is 16.5. The number of hydrogen-bond acceptors (Lipinski definition) is 7. The number of primary amides is 1. The maximum Gasteiger partial charge on any atom is 0.290 e. The van der Waals surface area contributed by atoms with Gasteiger partial charge >= 0.3 is 0 Å². The van der Waals surface area contributed by atoms with Crippen molar-refractivity contribution in [1.82, 2.24) is 15.1 Å². The molecule has 1 aliphatic heterocycles. The van der Waals surface area contributed by atoms with Crippen LogP contribution in [0.4, 0.5) is 5.82 Å². The summed E-state index contributed by atoms with van der Waals surface area (Å²) < 4.78 is 5.12. The summed E-state index contributed by atoms with van der Waals surface area (Å²) >= 11 is 0. The first kappa shape index (κ1) is 13.1. The minimum absolute atomic E-state index is 0.121. The van der Waals surface area contributed by atoms with Crippen LogP contribution in [0, 0.1) is 11.3 Å². The number of nitrogens with two attached hydrogens (primary N) is 1. The number of carbonyl (C=O) groups is 1. The normalized spacial score (nSPS) is 17.7. The van der Waals surface area contributed by atoms with Crippen molar-refractivity contribution in [2.45, 2.75) is 18.9 Å². The van der Waals surface area contributed by atoms with E-state index in [1.807, 2.05) is 11.0 Å². The Morgan fingerprint density at radius 1 is 1.52 bits per heavy atom. The summed E-state index contributed by atoms with van der Waals surface area (Å²) in [6.45, 7) is 0.790. The fourth-order valence-electron chi connectivity index (χ4n) is 2.39. The molecule has 21 heavy (non-hydrogen) atoms. The Morgan fingerprint density at radius 3 is 3.00 bits per heavy atom. The predicted octanol–water partition coefficient (Wildman–Crippen LogP) is 0.777. The van der Waals surface area contributed by atoms with Gasteiger partial charge in [-0.2, -0.15) is 10.2 Å². The second kappa shape index (κ2) is 5.20. The number of aromatic nitrogens is 3. The van der Waals surface area contributed by atoms with Gasteiger partial charge in [-0.05, 0) is 25.0 Å². The van der Waals surface area contributed by atoms with Crippen LogP contribution in [-0.2, 0) is 0 Å². The molecule has 3 heterocycles. The van der Waals surface area contributed by atoms with Gasteiger partial charge in [-0.25, -0.2) is 4.98 Å². The highest BCUT2D eigenvalue weighted by molar-refractivity contribution is 5.88. The van der Waals surface area contributed by atoms with E-state index >= 15 is 0 Å². The smallest absolute Gasteiger partial charge is 0.290 e. The quantitative estimate of drug-likeness (QED) is 0.883. The third-order valence-corrected chi connectivity index (χ3v) is 3.37. The topological polar surface area (TPSA) is 122 Å². The molecular weight excluding hydrogens is 272 g/mol. The molecule has 0 aromatic carbocycles. The Labute approximate surface area is 120 Å². The summed E-state index contributed by atoms with van der Waals surface area (Å²) in [4.78, 5) is 21.3. The molecule has 0 aliphatic carbocycles. The molecule has 2 aromatic heterocycles. The lowest BCUT2D eigenvalue weighted by Gasteiger charge is -2.22. The molecule has 106 valence electrons. The number of hydrogen-bond donors (Lipinski definition) is 1.